The predicted molar refractivity (Wildman–Crippen MR) is 98.9 cm³/mol. The van der Waals surface area contributed by atoms with Gasteiger partial charge in [-0.1, -0.05) is 30.3 Å². The lowest BCUT2D eigenvalue weighted by Gasteiger charge is -2.08. The van der Waals surface area contributed by atoms with Gasteiger partial charge >= 0.3 is 5.63 Å². The Morgan fingerprint density at radius 3 is 2.52 bits per heavy atom. The van der Waals surface area contributed by atoms with E-state index >= 15 is 0 Å². The lowest BCUT2D eigenvalue weighted by molar-refractivity contribution is -0.384. The second-order valence-corrected chi connectivity index (χ2v) is 5.70. The molecule has 0 spiro atoms. The smallest absolute Gasteiger partial charge is 0.336 e. The van der Waals surface area contributed by atoms with Gasteiger partial charge in [-0.2, -0.15) is 0 Å². The van der Waals surface area contributed by atoms with Crippen LogP contribution in [0.1, 0.15) is 0 Å². The largest absolute Gasteiger partial charge is 0.439 e. The van der Waals surface area contributed by atoms with Crippen LogP contribution < -0.4 is 10.4 Å². The molecule has 0 radical (unpaired) electrons. The van der Waals surface area contributed by atoms with E-state index < -0.39 is 10.5 Å². The zero-order valence-electron chi connectivity index (χ0n) is 13.9. The molecule has 0 unspecified atom stereocenters. The van der Waals surface area contributed by atoms with Crippen LogP contribution in [0.25, 0.3) is 22.2 Å². The van der Waals surface area contributed by atoms with Gasteiger partial charge in [0.2, 0.25) is 5.88 Å². The van der Waals surface area contributed by atoms with E-state index in [2.05, 4.69) is 4.98 Å². The van der Waals surface area contributed by atoms with Crippen molar-refractivity contribution in [3.63, 3.8) is 0 Å². The maximum absolute atomic E-state index is 11.4. The number of benzene rings is 2. The number of fused-ring (bicyclic) bond motifs is 1. The van der Waals surface area contributed by atoms with Crippen molar-refractivity contribution in [3.05, 3.63) is 93.3 Å². The Bertz CT molecular complexity index is 1200. The fourth-order valence-electron chi connectivity index (χ4n) is 2.67. The summed E-state index contributed by atoms with van der Waals surface area (Å²) in [7, 11) is 0. The van der Waals surface area contributed by atoms with Crippen LogP contribution in [-0.2, 0) is 0 Å². The van der Waals surface area contributed by atoms with E-state index in [0.29, 0.717) is 16.9 Å². The average Bonchev–Trinajstić information content (AvgIpc) is 2.68. The summed E-state index contributed by atoms with van der Waals surface area (Å²) in [6.07, 6.45) is 0. The molecule has 0 saturated carbocycles. The third-order valence-electron chi connectivity index (χ3n) is 3.91. The van der Waals surface area contributed by atoms with E-state index in [1.54, 1.807) is 48.5 Å². The summed E-state index contributed by atoms with van der Waals surface area (Å²) < 4.78 is 10.9. The van der Waals surface area contributed by atoms with Gasteiger partial charge in [-0.3, -0.25) is 10.1 Å². The number of pyridine rings is 1. The molecule has 27 heavy (non-hydrogen) atoms. The van der Waals surface area contributed by atoms with Crippen molar-refractivity contribution in [1.29, 1.82) is 0 Å². The number of nitrogens with zero attached hydrogens (tertiary/aromatic N) is 2. The predicted octanol–water partition coefficient (Wildman–Crippen LogP) is 4.56. The molecule has 0 amide bonds. The molecule has 0 bridgehead atoms. The molecule has 132 valence electrons. The second kappa shape index (κ2) is 6.72. The monoisotopic (exact) mass is 360 g/mol. The van der Waals surface area contributed by atoms with E-state index in [-0.39, 0.29) is 17.3 Å². The van der Waals surface area contributed by atoms with Crippen LogP contribution in [0, 0.1) is 10.1 Å². The summed E-state index contributed by atoms with van der Waals surface area (Å²) in [6.45, 7) is 0. The third kappa shape index (κ3) is 3.38. The van der Waals surface area contributed by atoms with E-state index in [9.17, 15) is 14.9 Å². The van der Waals surface area contributed by atoms with E-state index in [4.69, 9.17) is 9.15 Å². The van der Waals surface area contributed by atoms with Crippen LogP contribution in [-0.4, -0.2) is 9.91 Å². The average molecular weight is 360 g/mol. The zero-order valence-corrected chi connectivity index (χ0v) is 13.9. The van der Waals surface area contributed by atoms with Crippen LogP contribution in [0.2, 0.25) is 0 Å². The lowest BCUT2D eigenvalue weighted by Crippen LogP contribution is -1.97. The van der Waals surface area contributed by atoms with Crippen molar-refractivity contribution in [3.8, 4) is 22.9 Å². The number of hydrogen-bond acceptors (Lipinski definition) is 6. The summed E-state index contributed by atoms with van der Waals surface area (Å²) in [5.41, 5.74) is 0.632. The summed E-state index contributed by atoms with van der Waals surface area (Å²) in [5, 5.41) is 12.1. The summed E-state index contributed by atoms with van der Waals surface area (Å²) in [4.78, 5) is 26.5. The fourth-order valence-corrected chi connectivity index (χ4v) is 2.67. The molecule has 2 heterocycles. The maximum Gasteiger partial charge on any atom is 0.336 e. The van der Waals surface area contributed by atoms with Gasteiger partial charge in [-0.15, -0.1) is 0 Å². The standard InChI is InChI=1S/C20H12N2O5/c23-19-11-7-13-6-8-15(12-17(13)27-19)26-18-10-9-16(22(24)25)20(21-18)14-4-2-1-3-5-14/h1-12H. The van der Waals surface area contributed by atoms with Crippen molar-refractivity contribution in [2.75, 3.05) is 0 Å². The Kier molecular flexibility index (Phi) is 4.10. The molecule has 0 aliphatic rings. The molecule has 0 fully saturated rings. The molecule has 4 aromatic rings. The van der Waals surface area contributed by atoms with Crippen LogP contribution in [0.4, 0.5) is 5.69 Å². The van der Waals surface area contributed by atoms with Gasteiger partial charge in [0.25, 0.3) is 5.69 Å². The van der Waals surface area contributed by atoms with Crippen LogP contribution in [0.15, 0.2) is 82.0 Å². The fraction of sp³-hybridized carbons (Fsp3) is 0. The van der Waals surface area contributed by atoms with Crippen molar-refractivity contribution in [2.24, 2.45) is 0 Å². The number of ether oxygens (including phenoxy) is 1. The highest BCUT2D eigenvalue weighted by Gasteiger charge is 2.18. The highest BCUT2D eigenvalue weighted by Crippen LogP contribution is 2.32. The summed E-state index contributed by atoms with van der Waals surface area (Å²) >= 11 is 0. The van der Waals surface area contributed by atoms with E-state index in [0.717, 1.165) is 5.39 Å². The number of rotatable bonds is 4. The molecule has 0 aliphatic carbocycles. The van der Waals surface area contributed by atoms with Gasteiger partial charge in [0.05, 0.1) is 4.92 Å². The first-order valence-corrected chi connectivity index (χ1v) is 8.03. The second-order valence-electron chi connectivity index (χ2n) is 5.70. The third-order valence-corrected chi connectivity index (χ3v) is 3.91. The summed E-state index contributed by atoms with van der Waals surface area (Å²) in [6, 6.07) is 19.6. The minimum atomic E-state index is -0.482. The first-order chi connectivity index (χ1) is 13.1. The van der Waals surface area contributed by atoms with Gasteiger partial charge in [0.15, 0.2) is 5.69 Å². The summed E-state index contributed by atoms with van der Waals surface area (Å²) in [5.74, 6) is 0.592. The molecule has 2 aromatic carbocycles. The normalized spacial score (nSPS) is 10.7. The van der Waals surface area contributed by atoms with Gasteiger partial charge < -0.3 is 9.15 Å². The van der Waals surface area contributed by atoms with Crippen molar-refractivity contribution < 1.29 is 14.1 Å². The van der Waals surface area contributed by atoms with Crippen molar-refractivity contribution in [2.45, 2.75) is 0 Å². The van der Waals surface area contributed by atoms with Gasteiger partial charge in [-0.05, 0) is 18.2 Å². The maximum atomic E-state index is 11.4. The van der Waals surface area contributed by atoms with Crippen LogP contribution in [0.5, 0.6) is 11.6 Å². The molecule has 2 aromatic heterocycles. The van der Waals surface area contributed by atoms with E-state index in [1.165, 1.54) is 18.2 Å². The minimum Gasteiger partial charge on any atom is -0.439 e. The van der Waals surface area contributed by atoms with Gasteiger partial charge in [0, 0.05) is 35.2 Å². The van der Waals surface area contributed by atoms with Crippen molar-refractivity contribution >= 4 is 16.7 Å². The highest BCUT2D eigenvalue weighted by atomic mass is 16.6. The first kappa shape index (κ1) is 16.5. The number of nitro groups is 1. The highest BCUT2D eigenvalue weighted by molar-refractivity contribution is 5.78. The Morgan fingerprint density at radius 1 is 0.963 bits per heavy atom. The van der Waals surface area contributed by atoms with Gasteiger partial charge in [0.1, 0.15) is 11.3 Å². The van der Waals surface area contributed by atoms with Crippen molar-refractivity contribution in [1.82, 2.24) is 4.98 Å². The molecular weight excluding hydrogens is 348 g/mol. The molecule has 0 aliphatic heterocycles. The molecule has 4 rings (SSSR count). The minimum absolute atomic E-state index is 0.113. The molecule has 7 heteroatoms. The van der Waals surface area contributed by atoms with Crippen LogP contribution in [0.3, 0.4) is 0 Å². The SMILES string of the molecule is O=c1ccc2ccc(Oc3ccc([N+](=O)[O-])c(-c4ccccc4)n3)cc2o1. The van der Waals surface area contributed by atoms with Crippen LogP contribution >= 0.6 is 0 Å². The Labute approximate surface area is 152 Å². The lowest BCUT2D eigenvalue weighted by atomic mass is 10.1. The molecule has 0 saturated heterocycles. The number of hydrogen-bond donors (Lipinski definition) is 0. The number of aromatic nitrogens is 1. The Balaban J connectivity index is 1.74. The molecule has 0 atom stereocenters. The molecular formula is C20H12N2O5. The quantitative estimate of drug-likeness (QED) is 0.301. The zero-order chi connectivity index (χ0) is 18.8. The topological polar surface area (TPSA) is 95.5 Å². The Hall–Kier alpha value is -4.00. The van der Waals surface area contributed by atoms with E-state index in [1.807, 2.05) is 6.07 Å². The molecule has 7 nitrogen and oxygen atoms in total. The molecule has 0 N–H and O–H groups in total. The first-order valence-electron chi connectivity index (χ1n) is 8.03. The van der Waals surface area contributed by atoms with Gasteiger partial charge in [-0.25, -0.2) is 9.78 Å². The Morgan fingerprint density at radius 2 is 1.74 bits per heavy atom.